The van der Waals surface area contributed by atoms with Crippen molar-refractivity contribution in [2.24, 2.45) is 5.41 Å². The van der Waals surface area contributed by atoms with Gasteiger partial charge in [-0.2, -0.15) is 0 Å². The number of rotatable bonds is 4. The first-order valence-corrected chi connectivity index (χ1v) is 7.35. The molecular weight excluding hydrogens is 250 g/mol. The molecule has 2 heterocycles. The van der Waals surface area contributed by atoms with Crippen molar-refractivity contribution in [3.8, 4) is 0 Å². The number of carbonyl (C=O) groups is 1. The molecule has 0 N–H and O–H groups in total. The third-order valence-corrected chi connectivity index (χ3v) is 4.51. The summed E-state index contributed by atoms with van der Waals surface area (Å²) in [5.41, 5.74) is 3.11. The molecule has 3 heteroatoms. The van der Waals surface area contributed by atoms with Crippen LogP contribution in [-0.2, 0) is 9.53 Å². The molecule has 0 aromatic heterocycles. The lowest BCUT2D eigenvalue weighted by atomic mass is 9.73. The minimum Gasteiger partial charge on any atom is -0.381 e. The molecule has 2 saturated heterocycles. The van der Waals surface area contributed by atoms with Crippen LogP contribution in [0.1, 0.15) is 33.6 Å². The Morgan fingerprint density at radius 1 is 1.25 bits per heavy atom. The minimum atomic E-state index is 0.0872. The minimum absolute atomic E-state index is 0.0872. The monoisotopic (exact) mass is 275 g/mol. The largest absolute Gasteiger partial charge is 0.381 e. The van der Waals surface area contributed by atoms with Crippen LogP contribution in [0.2, 0.25) is 0 Å². The summed E-state index contributed by atoms with van der Waals surface area (Å²) in [7, 11) is 0. The number of carbonyl (C=O) groups excluding carboxylic acids is 1. The van der Waals surface area contributed by atoms with Gasteiger partial charge in [0.05, 0.1) is 0 Å². The Hall–Kier alpha value is -1.35. The van der Waals surface area contributed by atoms with Gasteiger partial charge in [-0.05, 0) is 39.7 Å². The van der Waals surface area contributed by atoms with Gasteiger partial charge in [0, 0.05) is 43.0 Å². The fraction of sp³-hybridized carbons (Fsp3) is 0.588. The quantitative estimate of drug-likeness (QED) is 0.583. The van der Waals surface area contributed by atoms with E-state index in [2.05, 4.69) is 11.5 Å². The summed E-state index contributed by atoms with van der Waals surface area (Å²) in [5, 5.41) is 0. The van der Waals surface area contributed by atoms with Crippen LogP contribution in [0.5, 0.6) is 0 Å². The summed E-state index contributed by atoms with van der Waals surface area (Å²) in [6.07, 6.45) is 6.21. The number of ketones is 1. The second kappa shape index (κ2) is 5.96. The third-order valence-electron chi connectivity index (χ3n) is 4.51. The molecule has 0 bridgehead atoms. The molecule has 0 atom stereocenters. The highest BCUT2D eigenvalue weighted by molar-refractivity contribution is 5.97. The van der Waals surface area contributed by atoms with Gasteiger partial charge < -0.3 is 9.64 Å². The van der Waals surface area contributed by atoms with Crippen LogP contribution in [-0.4, -0.2) is 37.0 Å². The van der Waals surface area contributed by atoms with Gasteiger partial charge in [-0.25, -0.2) is 0 Å². The zero-order valence-electron chi connectivity index (χ0n) is 12.9. The lowest BCUT2D eigenvalue weighted by molar-refractivity contribution is -0.114. The van der Waals surface area contributed by atoms with Gasteiger partial charge in [-0.3, -0.25) is 4.79 Å². The predicted molar refractivity (Wildman–Crippen MR) is 81.4 cm³/mol. The Balaban J connectivity index is 2.04. The van der Waals surface area contributed by atoms with Gasteiger partial charge in [0.25, 0.3) is 0 Å². The SMILES string of the molecule is C=C(/C(=C\C(C)=C/C)C(C)=O)N1CC2(CCOCC2)C1. The molecular formula is C17H25NO2. The van der Waals surface area contributed by atoms with Crippen LogP contribution in [0.3, 0.4) is 0 Å². The Kier molecular flexibility index (Phi) is 4.48. The van der Waals surface area contributed by atoms with Crippen LogP contribution in [0, 0.1) is 5.41 Å². The van der Waals surface area contributed by atoms with Crippen LogP contribution in [0.15, 0.2) is 35.6 Å². The number of hydrogen-bond donors (Lipinski definition) is 0. The molecule has 0 amide bonds. The highest BCUT2D eigenvalue weighted by Crippen LogP contribution is 2.42. The number of likely N-dealkylation sites (tertiary alicyclic amines) is 1. The van der Waals surface area contributed by atoms with E-state index in [4.69, 9.17) is 4.74 Å². The fourth-order valence-electron chi connectivity index (χ4n) is 2.94. The Labute approximate surface area is 122 Å². The lowest BCUT2D eigenvalue weighted by Gasteiger charge is -2.54. The summed E-state index contributed by atoms with van der Waals surface area (Å²) < 4.78 is 5.44. The molecule has 0 aromatic rings. The van der Waals surface area contributed by atoms with Crippen LogP contribution in [0.25, 0.3) is 0 Å². The van der Waals surface area contributed by atoms with Crippen molar-refractivity contribution < 1.29 is 9.53 Å². The molecule has 2 aliphatic heterocycles. The molecule has 0 aliphatic carbocycles. The number of hydrogen-bond acceptors (Lipinski definition) is 3. The fourth-order valence-corrected chi connectivity index (χ4v) is 2.94. The molecule has 0 aromatic carbocycles. The van der Waals surface area contributed by atoms with E-state index < -0.39 is 0 Å². The highest BCUT2D eigenvalue weighted by atomic mass is 16.5. The molecule has 3 nitrogen and oxygen atoms in total. The van der Waals surface area contributed by atoms with E-state index in [0.717, 1.165) is 56.0 Å². The second-order valence-corrected chi connectivity index (χ2v) is 6.06. The molecule has 2 aliphatic rings. The van der Waals surface area contributed by atoms with Crippen molar-refractivity contribution in [1.29, 1.82) is 0 Å². The first-order valence-electron chi connectivity index (χ1n) is 7.35. The molecule has 2 rings (SSSR count). The van der Waals surface area contributed by atoms with Crippen molar-refractivity contribution in [2.75, 3.05) is 26.3 Å². The Morgan fingerprint density at radius 2 is 1.85 bits per heavy atom. The van der Waals surface area contributed by atoms with Gasteiger partial charge in [-0.15, -0.1) is 0 Å². The highest BCUT2D eigenvalue weighted by Gasteiger charge is 2.44. The maximum absolute atomic E-state index is 11.8. The zero-order chi connectivity index (χ0) is 14.8. The average molecular weight is 275 g/mol. The van der Waals surface area contributed by atoms with Crippen molar-refractivity contribution in [3.05, 3.63) is 35.6 Å². The Morgan fingerprint density at radius 3 is 2.35 bits per heavy atom. The van der Waals surface area contributed by atoms with Crippen molar-refractivity contribution >= 4 is 5.78 Å². The average Bonchev–Trinajstić information content (AvgIpc) is 2.41. The number of ether oxygens (including phenoxy) is 1. The first kappa shape index (κ1) is 15.0. The third kappa shape index (κ3) is 3.04. The summed E-state index contributed by atoms with van der Waals surface area (Å²) in [6.45, 7) is 13.5. The van der Waals surface area contributed by atoms with E-state index in [1.54, 1.807) is 6.92 Å². The van der Waals surface area contributed by atoms with Gasteiger partial charge in [0.1, 0.15) is 0 Å². The maximum atomic E-state index is 11.8. The van der Waals surface area contributed by atoms with E-state index in [-0.39, 0.29) is 5.78 Å². The number of allylic oxidation sites excluding steroid dienone is 4. The number of nitrogens with zero attached hydrogens (tertiary/aromatic N) is 1. The van der Waals surface area contributed by atoms with Gasteiger partial charge >= 0.3 is 0 Å². The predicted octanol–water partition coefficient (Wildman–Crippen LogP) is 3.09. The van der Waals surface area contributed by atoms with Gasteiger partial charge in [-0.1, -0.05) is 18.2 Å². The zero-order valence-corrected chi connectivity index (χ0v) is 12.9. The summed E-state index contributed by atoms with van der Waals surface area (Å²) >= 11 is 0. The maximum Gasteiger partial charge on any atom is 0.161 e. The standard InChI is InChI=1S/C17H25NO2/c1-5-13(2)10-16(15(4)19)14(3)18-11-17(12-18)6-8-20-9-7-17/h5,10H,3,6-9,11-12H2,1-2,4H3/b13-5-,16-10+. The molecule has 110 valence electrons. The molecule has 0 unspecified atom stereocenters. The van der Waals surface area contributed by atoms with Crippen LogP contribution >= 0.6 is 0 Å². The summed E-state index contributed by atoms with van der Waals surface area (Å²) in [6, 6.07) is 0. The molecule has 1 spiro atoms. The topological polar surface area (TPSA) is 29.5 Å². The molecule has 2 fully saturated rings. The number of Topliss-reactive ketones (excluding diaryl/α,β-unsaturated/α-hetero) is 1. The van der Waals surface area contributed by atoms with Crippen molar-refractivity contribution in [1.82, 2.24) is 4.90 Å². The van der Waals surface area contributed by atoms with Gasteiger partial charge in [0.2, 0.25) is 0 Å². The van der Waals surface area contributed by atoms with E-state index in [9.17, 15) is 4.79 Å². The van der Waals surface area contributed by atoms with Crippen LogP contribution < -0.4 is 0 Å². The van der Waals surface area contributed by atoms with Crippen molar-refractivity contribution in [3.63, 3.8) is 0 Å². The molecule has 0 radical (unpaired) electrons. The van der Waals surface area contributed by atoms with Crippen LogP contribution in [0.4, 0.5) is 0 Å². The van der Waals surface area contributed by atoms with E-state index in [1.165, 1.54) is 0 Å². The van der Waals surface area contributed by atoms with Crippen molar-refractivity contribution in [2.45, 2.75) is 33.6 Å². The molecule has 0 saturated carbocycles. The van der Waals surface area contributed by atoms with E-state index in [0.29, 0.717) is 5.41 Å². The second-order valence-electron chi connectivity index (χ2n) is 6.06. The lowest BCUT2D eigenvalue weighted by Crippen LogP contribution is -2.57. The summed E-state index contributed by atoms with van der Waals surface area (Å²) in [4.78, 5) is 14.1. The van der Waals surface area contributed by atoms with E-state index >= 15 is 0 Å². The summed E-state index contributed by atoms with van der Waals surface area (Å²) in [5.74, 6) is 0.0872. The van der Waals surface area contributed by atoms with Gasteiger partial charge in [0.15, 0.2) is 5.78 Å². The normalized spacial score (nSPS) is 22.6. The smallest absolute Gasteiger partial charge is 0.161 e. The molecule has 20 heavy (non-hydrogen) atoms. The van der Waals surface area contributed by atoms with E-state index in [1.807, 2.05) is 26.0 Å². The first-order chi connectivity index (χ1) is 9.47. The Bertz CT molecular complexity index is 459.